The number of aliphatic hydroxyl groups excluding tert-OH is 1. The Bertz CT molecular complexity index is 264. The van der Waals surface area contributed by atoms with E-state index in [9.17, 15) is 5.11 Å². The molecule has 2 rings (SSSR count). The molecular weight excluding hydrogens is 172 g/mol. The molecule has 0 aromatic carbocycles. The van der Waals surface area contributed by atoms with Crippen molar-refractivity contribution in [3.05, 3.63) is 23.8 Å². The lowest BCUT2D eigenvalue weighted by Gasteiger charge is -2.37. The van der Waals surface area contributed by atoms with Gasteiger partial charge in [0.2, 0.25) is 0 Å². The lowest BCUT2D eigenvalue weighted by Crippen LogP contribution is -2.31. The van der Waals surface area contributed by atoms with Crippen molar-refractivity contribution < 1.29 is 5.11 Å². The van der Waals surface area contributed by atoms with Crippen LogP contribution in [0.2, 0.25) is 0 Å². The summed E-state index contributed by atoms with van der Waals surface area (Å²) in [7, 11) is 0. The van der Waals surface area contributed by atoms with Crippen molar-refractivity contribution in [2.75, 3.05) is 0 Å². The molecular formula is C13H20O. The minimum Gasteiger partial charge on any atom is -0.392 e. The van der Waals surface area contributed by atoms with Crippen LogP contribution in [0.15, 0.2) is 23.8 Å². The average molecular weight is 192 g/mol. The van der Waals surface area contributed by atoms with E-state index >= 15 is 0 Å². The fraction of sp³-hybridized carbons (Fsp3) is 0.692. The van der Waals surface area contributed by atoms with Gasteiger partial charge in [-0.15, -0.1) is 0 Å². The van der Waals surface area contributed by atoms with Crippen LogP contribution in [0, 0.1) is 11.8 Å². The Hall–Kier alpha value is -0.560. The third-order valence-electron chi connectivity index (χ3n) is 3.83. The summed E-state index contributed by atoms with van der Waals surface area (Å²) in [5.74, 6) is 1.09. The standard InChI is InChI=1S/C13H20O/c1-9(2)11-7-6-10-4-3-5-13(14)12(10)8-11/h4,11-14H,1,3,5-8H2,2H3. The Morgan fingerprint density at radius 3 is 3.00 bits per heavy atom. The maximum Gasteiger partial charge on any atom is 0.0608 e. The molecule has 0 heterocycles. The van der Waals surface area contributed by atoms with Crippen LogP contribution in [-0.2, 0) is 0 Å². The van der Waals surface area contributed by atoms with Gasteiger partial charge < -0.3 is 5.11 Å². The van der Waals surface area contributed by atoms with E-state index in [4.69, 9.17) is 0 Å². The maximum atomic E-state index is 9.93. The van der Waals surface area contributed by atoms with Gasteiger partial charge in [-0.3, -0.25) is 0 Å². The van der Waals surface area contributed by atoms with Gasteiger partial charge in [-0.1, -0.05) is 23.8 Å². The summed E-state index contributed by atoms with van der Waals surface area (Å²) in [5.41, 5.74) is 2.81. The van der Waals surface area contributed by atoms with Gasteiger partial charge in [-0.2, -0.15) is 0 Å². The molecule has 3 atom stereocenters. The van der Waals surface area contributed by atoms with Gasteiger partial charge in [0.05, 0.1) is 6.10 Å². The number of hydrogen-bond donors (Lipinski definition) is 1. The van der Waals surface area contributed by atoms with Crippen LogP contribution in [0.5, 0.6) is 0 Å². The topological polar surface area (TPSA) is 20.2 Å². The predicted octanol–water partition coefficient (Wildman–Crippen LogP) is 3.06. The second kappa shape index (κ2) is 3.90. The number of rotatable bonds is 1. The van der Waals surface area contributed by atoms with Crippen molar-refractivity contribution in [1.29, 1.82) is 0 Å². The quantitative estimate of drug-likeness (QED) is 0.633. The van der Waals surface area contributed by atoms with Gasteiger partial charge in [0.1, 0.15) is 0 Å². The lowest BCUT2D eigenvalue weighted by molar-refractivity contribution is 0.0877. The molecule has 3 unspecified atom stereocenters. The molecule has 0 bridgehead atoms. The predicted molar refractivity (Wildman–Crippen MR) is 59.0 cm³/mol. The molecule has 1 N–H and O–H groups in total. The Kier molecular flexibility index (Phi) is 2.78. The first-order valence-electron chi connectivity index (χ1n) is 5.71. The van der Waals surface area contributed by atoms with E-state index in [1.54, 1.807) is 0 Å². The van der Waals surface area contributed by atoms with Crippen LogP contribution in [0.1, 0.15) is 39.0 Å². The molecule has 14 heavy (non-hydrogen) atoms. The van der Waals surface area contributed by atoms with E-state index in [0.29, 0.717) is 11.8 Å². The number of hydrogen-bond acceptors (Lipinski definition) is 1. The molecule has 1 fully saturated rings. The van der Waals surface area contributed by atoms with E-state index < -0.39 is 0 Å². The van der Waals surface area contributed by atoms with Gasteiger partial charge in [-0.05, 0) is 44.9 Å². The third-order valence-corrected chi connectivity index (χ3v) is 3.83. The summed E-state index contributed by atoms with van der Waals surface area (Å²) in [6.45, 7) is 6.16. The molecule has 78 valence electrons. The first-order chi connectivity index (χ1) is 6.68. The minimum absolute atomic E-state index is 0.0860. The van der Waals surface area contributed by atoms with Crippen molar-refractivity contribution in [1.82, 2.24) is 0 Å². The van der Waals surface area contributed by atoms with Crippen molar-refractivity contribution in [3.8, 4) is 0 Å². The van der Waals surface area contributed by atoms with Crippen molar-refractivity contribution in [3.63, 3.8) is 0 Å². The van der Waals surface area contributed by atoms with Crippen LogP contribution in [0.25, 0.3) is 0 Å². The van der Waals surface area contributed by atoms with Crippen LogP contribution in [0.3, 0.4) is 0 Å². The monoisotopic (exact) mass is 192 g/mol. The highest BCUT2D eigenvalue weighted by molar-refractivity contribution is 5.18. The zero-order chi connectivity index (χ0) is 10.1. The van der Waals surface area contributed by atoms with Crippen LogP contribution in [0.4, 0.5) is 0 Å². The Morgan fingerprint density at radius 2 is 2.29 bits per heavy atom. The number of fused-ring (bicyclic) bond motifs is 1. The highest BCUT2D eigenvalue weighted by Crippen LogP contribution is 2.41. The van der Waals surface area contributed by atoms with Crippen LogP contribution < -0.4 is 0 Å². The second-order valence-corrected chi connectivity index (χ2v) is 4.85. The van der Waals surface area contributed by atoms with E-state index in [2.05, 4.69) is 19.6 Å². The van der Waals surface area contributed by atoms with Crippen LogP contribution >= 0.6 is 0 Å². The third kappa shape index (κ3) is 1.78. The summed E-state index contributed by atoms with van der Waals surface area (Å²) < 4.78 is 0. The molecule has 1 saturated carbocycles. The SMILES string of the molecule is C=C(C)C1CCC2=CCCC(O)C2C1. The van der Waals surface area contributed by atoms with Gasteiger partial charge in [-0.25, -0.2) is 0 Å². The number of allylic oxidation sites excluding steroid dienone is 2. The molecule has 1 nitrogen and oxygen atoms in total. The van der Waals surface area contributed by atoms with Gasteiger partial charge in [0, 0.05) is 5.92 Å². The van der Waals surface area contributed by atoms with E-state index in [1.807, 2.05) is 0 Å². The first kappa shape index (κ1) is 9.97. The summed E-state index contributed by atoms with van der Waals surface area (Å²) >= 11 is 0. The summed E-state index contributed by atoms with van der Waals surface area (Å²) in [6, 6.07) is 0. The highest BCUT2D eigenvalue weighted by Gasteiger charge is 2.32. The summed E-state index contributed by atoms with van der Waals surface area (Å²) in [5, 5.41) is 9.93. The summed E-state index contributed by atoms with van der Waals surface area (Å²) in [4.78, 5) is 0. The average Bonchev–Trinajstić information content (AvgIpc) is 2.18. The van der Waals surface area contributed by atoms with Crippen molar-refractivity contribution in [2.24, 2.45) is 11.8 Å². The highest BCUT2D eigenvalue weighted by atomic mass is 16.3. The molecule has 0 saturated heterocycles. The molecule has 1 heteroatoms. The molecule has 2 aliphatic carbocycles. The second-order valence-electron chi connectivity index (χ2n) is 4.85. The number of aliphatic hydroxyl groups is 1. The van der Waals surface area contributed by atoms with E-state index in [0.717, 1.165) is 19.3 Å². The van der Waals surface area contributed by atoms with Gasteiger partial charge in [0.15, 0.2) is 0 Å². The Labute approximate surface area is 86.5 Å². The van der Waals surface area contributed by atoms with Crippen LogP contribution in [-0.4, -0.2) is 11.2 Å². The molecule has 2 aliphatic rings. The van der Waals surface area contributed by atoms with Gasteiger partial charge in [0.25, 0.3) is 0 Å². The van der Waals surface area contributed by atoms with Crippen molar-refractivity contribution >= 4 is 0 Å². The Balaban J connectivity index is 2.10. The minimum atomic E-state index is -0.0860. The zero-order valence-electron chi connectivity index (χ0n) is 9.00. The summed E-state index contributed by atoms with van der Waals surface area (Å²) in [6.07, 6.45) is 7.84. The molecule has 0 aromatic rings. The molecule has 0 radical (unpaired) electrons. The molecule has 0 aromatic heterocycles. The zero-order valence-corrected chi connectivity index (χ0v) is 9.00. The Morgan fingerprint density at radius 1 is 1.50 bits per heavy atom. The van der Waals surface area contributed by atoms with Crippen molar-refractivity contribution in [2.45, 2.75) is 45.1 Å². The van der Waals surface area contributed by atoms with E-state index in [-0.39, 0.29) is 6.10 Å². The molecule has 0 amide bonds. The lowest BCUT2D eigenvalue weighted by atomic mass is 9.70. The fourth-order valence-electron chi connectivity index (χ4n) is 2.85. The maximum absolute atomic E-state index is 9.93. The molecule has 0 aliphatic heterocycles. The normalized spacial score (nSPS) is 37.3. The molecule has 0 spiro atoms. The smallest absolute Gasteiger partial charge is 0.0608 e. The van der Waals surface area contributed by atoms with Gasteiger partial charge >= 0.3 is 0 Å². The fourth-order valence-corrected chi connectivity index (χ4v) is 2.85. The first-order valence-corrected chi connectivity index (χ1v) is 5.71. The van der Waals surface area contributed by atoms with E-state index in [1.165, 1.54) is 24.0 Å². The largest absolute Gasteiger partial charge is 0.392 e.